The number of hydrogen-bond donors (Lipinski definition) is 1. The Kier molecular flexibility index (Phi) is 3.34. The van der Waals surface area contributed by atoms with Crippen molar-refractivity contribution < 1.29 is 4.79 Å². The van der Waals surface area contributed by atoms with Crippen LogP contribution in [-0.2, 0) is 0 Å². The number of likely N-dealkylation sites (tertiary alicyclic amines) is 1. The molecule has 6 nitrogen and oxygen atoms in total. The molecule has 3 aromatic heterocycles. The number of fused-ring (bicyclic) bond motifs is 1. The summed E-state index contributed by atoms with van der Waals surface area (Å²) in [5.74, 6) is 0.355. The second-order valence-electron chi connectivity index (χ2n) is 5.50. The van der Waals surface area contributed by atoms with Crippen LogP contribution in [0.4, 0.5) is 0 Å². The predicted octanol–water partition coefficient (Wildman–Crippen LogP) is 2.43. The van der Waals surface area contributed by atoms with Gasteiger partial charge < -0.3 is 4.90 Å². The van der Waals surface area contributed by atoms with Gasteiger partial charge in [-0.15, -0.1) is 11.3 Å². The summed E-state index contributed by atoms with van der Waals surface area (Å²) in [6, 6.07) is 4.08. The molecule has 1 aliphatic heterocycles. The molecule has 1 saturated heterocycles. The number of H-pyrrole nitrogens is 1. The predicted molar refractivity (Wildman–Crippen MR) is 83.9 cm³/mol. The molecule has 0 saturated carbocycles. The van der Waals surface area contributed by atoms with Crippen molar-refractivity contribution in [3.8, 4) is 0 Å². The van der Waals surface area contributed by atoms with Crippen LogP contribution in [0.3, 0.4) is 0 Å². The van der Waals surface area contributed by atoms with Crippen molar-refractivity contribution in [1.82, 2.24) is 25.1 Å². The molecule has 1 amide bonds. The van der Waals surface area contributed by atoms with Crippen molar-refractivity contribution in [3.63, 3.8) is 0 Å². The Bertz CT molecular complexity index is 797. The monoisotopic (exact) mass is 313 g/mol. The first kappa shape index (κ1) is 13.4. The van der Waals surface area contributed by atoms with Crippen LogP contribution >= 0.6 is 11.3 Å². The van der Waals surface area contributed by atoms with Crippen LogP contribution in [-0.4, -0.2) is 44.1 Å². The Hall–Kier alpha value is -2.28. The minimum Gasteiger partial charge on any atom is -0.337 e. The van der Waals surface area contributed by atoms with Gasteiger partial charge in [0.15, 0.2) is 5.65 Å². The van der Waals surface area contributed by atoms with E-state index < -0.39 is 0 Å². The van der Waals surface area contributed by atoms with Crippen LogP contribution in [0.1, 0.15) is 34.1 Å². The van der Waals surface area contributed by atoms with E-state index in [1.54, 1.807) is 17.9 Å². The second-order valence-corrected chi connectivity index (χ2v) is 6.39. The number of aromatic nitrogens is 4. The van der Waals surface area contributed by atoms with Gasteiger partial charge in [0.25, 0.3) is 5.91 Å². The summed E-state index contributed by atoms with van der Waals surface area (Å²) in [4.78, 5) is 23.7. The van der Waals surface area contributed by atoms with E-state index in [0.29, 0.717) is 11.4 Å². The van der Waals surface area contributed by atoms with E-state index in [9.17, 15) is 4.79 Å². The van der Waals surface area contributed by atoms with E-state index in [-0.39, 0.29) is 11.8 Å². The maximum Gasteiger partial charge on any atom is 0.265 e. The molecule has 0 bridgehead atoms. The topological polar surface area (TPSA) is 74.8 Å². The number of nitrogens with zero attached hydrogens (tertiary/aromatic N) is 4. The van der Waals surface area contributed by atoms with Gasteiger partial charge in [-0.25, -0.2) is 4.98 Å². The van der Waals surface area contributed by atoms with Crippen molar-refractivity contribution in [1.29, 1.82) is 0 Å². The molecule has 0 radical (unpaired) electrons. The largest absolute Gasteiger partial charge is 0.337 e. The molecule has 1 N–H and O–H groups in total. The standard InChI is InChI=1S/C15H15N5OS/c21-15(13-7-16-9-22-13)20-5-1-2-11(8-20)12-4-3-10-6-17-19-14(10)18-12/h3-4,6-7,9,11H,1-2,5,8H2,(H,17,18,19). The van der Waals surface area contributed by atoms with Gasteiger partial charge in [-0.05, 0) is 25.0 Å². The van der Waals surface area contributed by atoms with Gasteiger partial charge in [0, 0.05) is 30.1 Å². The van der Waals surface area contributed by atoms with Crippen LogP contribution in [0.5, 0.6) is 0 Å². The van der Waals surface area contributed by atoms with Crippen LogP contribution in [0.2, 0.25) is 0 Å². The van der Waals surface area contributed by atoms with Crippen molar-refractivity contribution in [2.24, 2.45) is 0 Å². The van der Waals surface area contributed by atoms with Crippen molar-refractivity contribution in [3.05, 3.63) is 40.6 Å². The van der Waals surface area contributed by atoms with Crippen LogP contribution in [0.25, 0.3) is 11.0 Å². The van der Waals surface area contributed by atoms with E-state index in [1.165, 1.54) is 11.3 Å². The van der Waals surface area contributed by atoms with Gasteiger partial charge in [0.2, 0.25) is 0 Å². The van der Waals surface area contributed by atoms with Gasteiger partial charge >= 0.3 is 0 Å². The zero-order valence-electron chi connectivity index (χ0n) is 11.9. The minimum atomic E-state index is 0.0785. The number of hydrogen-bond acceptors (Lipinski definition) is 5. The van der Waals surface area contributed by atoms with Crippen molar-refractivity contribution in [2.75, 3.05) is 13.1 Å². The van der Waals surface area contributed by atoms with Crippen LogP contribution < -0.4 is 0 Å². The Morgan fingerprint density at radius 1 is 1.36 bits per heavy atom. The molecule has 4 heterocycles. The van der Waals surface area contributed by atoms with Gasteiger partial charge in [0.1, 0.15) is 4.88 Å². The summed E-state index contributed by atoms with van der Waals surface area (Å²) >= 11 is 1.39. The summed E-state index contributed by atoms with van der Waals surface area (Å²) < 4.78 is 0. The van der Waals surface area contributed by atoms with Gasteiger partial charge in [-0.1, -0.05) is 0 Å². The van der Waals surface area contributed by atoms with E-state index in [2.05, 4.69) is 20.2 Å². The molecular weight excluding hydrogens is 298 g/mol. The third-order valence-electron chi connectivity index (χ3n) is 4.09. The molecule has 1 fully saturated rings. The molecule has 22 heavy (non-hydrogen) atoms. The molecule has 4 rings (SSSR count). The average molecular weight is 313 g/mol. The molecular formula is C15H15N5OS. The van der Waals surface area contributed by atoms with Crippen molar-refractivity contribution in [2.45, 2.75) is 18.8 Å². The third-order valence-corrected chi connectivity index (χ3v) is 4.85. The molecule has 0 spiro atoms. The van der Waals surface area contributed by atoms with E-state index in [0.717, 1.165) is 36.1 Å². The highest BCUT2D eigenvalue weighted by atomic mass is 32.1. The Labute approximate surface area is 131 Å². The highest BCUT2D eigenvalue weighted by molar-refractivity contribution is 7.11. The SMILES string of the molecule is O=C(c1cncs1)N1CCCC(c2ccc3cn[nH]c3n2)C1. The Balaban J connectivity index is 1.56. The van der Waals surface area contributed by atoms with E-state index in [4.69, 9.17) is 0 Å². The molecule has 7 heteroatoms. The lowest BCUT2D eigenvalue weighted by molar-refractivity contribution is 0.0710. The molecule has 3 aromatic rings. The molecule has 112 valence electrons. The number of nitrogens with one attached hydrogen (secondary N) is 1. The smallest absolute Gasteiger partial charge is 0.265 e. The van der Waals surface area contributed by atoms with Gasteiger partial charge in [-0.2, -0.15) is 5.10 Å². The minimum absolute atomic E-state index is 0.0785. The van der Waals surface area contributed by atoms with Crippen LogP contribution in [0, 0.1) is 0 Å². The Morgan fingerprint density at radius 2 is 2.32 bits per heavy atom. The molecule has 0 aromatic carbocycles. The number of carbonyl (C=O) groups excluding carboxylic acids is 1. The first-order valence-electron chi connectivity index (χ1n) is 7.29. The summed E-state index contributed by atoms with van der Waals surface area (Å²) in [5.41, 5.74) is 3.53. The summed E-state index contributed by atoms with van der Waals surface area (Å²) in [6.07, 6.45) is 5.47. The maximum atomic E-state index is 12.5. The highest BCUT2D eigenvalue weighted by Gasteiger charge is 2.27. The van der Waals surface area contributed by atoms with Gasteiger partial charge in [0.05, 0.1) is 17.9 Å². The number of carbonyl (C=O) groups is 1. The zero-order chi connectivity index (χ0) is 14.9. The molecule has 1 aliphatic rings. The lowest BCUT2D eigenvalue weighted by Gasteiger charge is -2.32. The zero-order valence-corrected chi connectivity index (χ0v) is 12.7. The highest BCUT2D eigenvalue weighted by Crippen LogP contribution is 2.28. The second kappa shape index (κ2) is 5.49. The normalized spacial score (nSPS) is 18.7. The van der Waals surface area contributed by atoms with E-state index in [1.807, 2.05) is 17.0 Å². The first-order chi connectivity index (χ1) is 10.8. The number of piperidine rings is 1. The number of thiazole rings is 1. The van der Waals surface area contributed by atoms with Gasteiger partial charge in [-0.3, -0.25) is 14.9 Å². The average Bonchev–Trinajstić information content (AvgIpc) is 3.25. The Morgan fingerprint density at radius 3 is 3.18 bits per heavy atom. The molecule has 1 unspecified atom stereocenters. The summed E-state index contributed by atoms with van der Waals surface area (Å²) in [7, 11) is 0. The van der Waals surface area contributed by atoms with E-state index >= 15 is 0 Å². The fraction of sp³-hybridized carbons (Fsp3) is 0.333. The quantitative estimate of drug-likeness (QED) is 0.788. The third kappa shape index (κ3) is 2.37. The number of aromatic amines is 1. The lowest BCUT2D eigenvalue weighted by atomic mass is 9.94. The van der Waals surface area contributed by atoms with Crippen LogP contribution in [0.15, 0.2) is 30.0 Å². The van der Waals surface area contributed by atoms with Crippen molar-refractivity contribution >= 4 is 28.3 Å². The maximum absolute atomic E-state index is 12.5. The summed E-state index contributed by atoms with van der Waals surface area (Å²) in [6.45, 7) is 1.52. The number of pyridine rings is 1. The molecule has 0 aliphatic carbocycles. The fourth-order valence-electron chi connectivity index (χ4n) is 2.95. The lowest BCUT2D eigenvalue weighted by Crippen LogP contribution is -2.39. The number of amides is 1. The number of rotatable bonds is 2. The molecule has 1 atom stereocenters. The fourth-order valence-corrected chi connectivity index (χ4v) is 3.54. The summed E-state index contributed by atoms with van der Waals surface area (Å²) in [5, 5.41) is 7.93. The first-order valence-corrected chi connectivity index (χ1v) is 8.17.